The molecule has 0 saturated heterocycles. The van der Waals surface area contributed by atoms with Crippen molar-refractivity contribution < 1.29 is 4.92 Å². The summed E-state index contributed by atoms with van der Waals surface area (Å²) >= 11 is 0. The molecular weight excluding hydrogens is 158 g/mol. The Morgan fingerprint density at radius 1 is 1.75 bits per heavy atom. The van der Waals surface area contributed by atoms with Crippen molar-refractivity contribution in [3.63, 3.8) is 0 Å². The maximum atomic E-state index is 10.4. The Morgan fingerprint density at radius 2 is 2.42 bits per heavy atom. The van der Waals surface area contributed by atoms with Crippen molar-refractivity contribution >= 4 is 12.1 Å². The fourth-order valence-corrected chi connectivity index (χ4v) is 0.826. The van der Waals surface area contributed by atoms with E-state index in [0.717, 1.165) is 5.57 Å². The van der Waals surface area contributed by atoms with Crippen LogP contribution in [0.4, 0.5) is 5.95 Å². The Labute approximate surface area is 69.5 Å². The van der Waals surface area contributed by atoms with Crippen LogP contribution in [-0.4, -0.2) is 14.5 Å². The number of hydrogen-bond donors (Lipinski definition) is 0. The van der Waals surface area contributed by atoms with Crippen LogP contribution in [0.3, 0.4) is 0 Å². The summed E-state index contributed by atoms with van der Waals surface area (Å²) in [5, 5.41) is 10.4. The van der Waals surface area contributed by atoms with E-state index in [4.69, 9.17) is 0 Å². The minimum Gasteiger partial charge on any atom is -0.390 e. The van der Waals surface area contributed by atoms with Gasteiger partial charge < -0.3 is 10.1 Å². The minimum atomic E-state index is -0.514. The molecule has 1 aromatic heterocycles. The minimum absolute atomic E-state index is 0.156. The number of rotatable bonds is 2. The molecule has 1 rings (SSSR count). The molecule has 0 atom stereocenters. The van der Waals surface area contributed by atoms with E-state index < -0.39 is 4.92 Å². The molecular formula is C7H9N3O2. The number of nitrogens with zero attached hydrogens (tertiary/aromatic N) is 3. The maximum Gasteiger partial charge on any atom is 0.439 e. The van der Waals surface area contributed by atoms with Crippen molar-refractivity contribution in [3.8, 4) is 0 Å². The lowest BCUT2D eigenvalue weighted by Gasteiger charge is -1.94. The topological polar surface area (TPSA) is 61.0 Å². The van der Waals surface area contributed by atoms with E-state index >= 15 is 0 Å². The number of aromatic nitrogens is 2. The molecule has 5 nitrogen and oxygen atoms in total. The Bertz CT molecular complexity index is 323. The normalized spacial score (nSPS) is 9.50. The Morgan fingerprint density at radius 3 is 2.92 bits per heavy atom. The zero-order valence-electron chi connectivity index (χ0n) is 6.89. The van der Waals surface area contributed by atoms with Gasteiger partial charge in [0.2, 0.25) is 0 Å². The van der Waals surface area contributed by atoms with Crippen LogP contribution >= 0.6 is 0 Å². The number of hydrogen-bond acceptors (Lipinski definition) is 3. The fourth-order valence-electron chi connectivity index (χ4n) is 0.826. The van der Waals surface area contributed by atoms with Crippen LogP contribution in [0.2, 0.25) is 0 Å². The van der Waals surface area contributed by atoms with E-state index in [0.29, 0.717) is 0 Å². The molecule has 1 aromatic rings. The van der Waals surface area contributed by atoms with Gasteiger partial charge in [0.05, 0.1) is 6.20 Å². The van der Waals surface area contributed by atoms with Crippen molar-refractivity contribution in [2.75, 3.05) is 0 Å². The highest BCUT2D eigenvalue weighted by atomic mass is 16.6. The van der Waals surface area contributed by atoms with Gasteiger partial charge in [-0.1, -0.05) is 4.98 Å². The Kier molecular flexibility index (Phi) is 2.23. The summed E-state index contributed by atoms with van der Waals surface area (Å²) in [7, 11) is 0. The quantitative estimate of drug-likeness (QED) is 0.497. The number of nitro groups is 1. The van der Waals surface area contributed by atoms with Crippen LogP contribution in [-0.2, 0) is 0 Å². The number of imidazole rings is 1. The van der Waals surface area contributed by atoms with Crippen molar-refractivity contribution in [2.45, 2.75) is 13.8 Å². The van der Waals surface area contributed by atoms with Crippen molar-refractivity contribution in [1.29, 1.82) is 0 Å². The summed E-state index contributed by atoms with van der Waals surface area (Å²) in [5.41, 5.74) is 0.983. The van der Waals surface area contributed by atoms with Crippen molar-refractivity contribution in [1.82, 2.24) is 9.55 Å². The molecule has 0 unspecified atom stereocenters. The van der Waals surface area contributed by atoms with E-state index in [1.165, 1.54) is 10.8 Å². The first-order valence-electron chi connectivity index (χ1n) is 3.43. The van der Waals surface area contributed by atoms with Gasteiger partial charge in [0, 0.05) is 0 Å². The average Bonchev–Trinajstić information content (AvgIpc) is 2.33. The first-order chi connectivity index (χ1) is 5.61. The summed E-state index contributed by atoms with van der Waals surface area (Å²) in [6.07, 6.45) is 4.60. The predicted octanol–water partition coefficient (Wildman–Crippen LogP) is 1.67. The Hall–Kier alpha value is -1.65. The summed E-state index contributed by atoms with van der Waals surface area (Å²) in [6, 6.07) is 0. The van der Waals surface area contributed by atoms with Gasteiger partial charge in [-0.3, -0.25) is 0 Å². The molecule has 0 aromatic carbocycles. The highest BCUT2D eigenvalue weighted by Crippen LogP contribution is 2.08. The molecule has 0 aliphatic heterocycles. The second-order valence-electron chi connectivity index (χ2n) is 2.60. The smallest absolute Gasteiger partial charge is 0.390 e. The van der Waals surface area contributed by atoms with Gasteiger partial charge in [0.25, 0.3) is 0 Å². The van der Waals surface area contributed by atoms with Gasteiger partial charge in [-0.15, -0.1) is 0 Å². The van der Waals surface area contributed by atoms with Crippen LogP contribution in [0.5, 0.6) is 0 Å². The van der Waals surface area contributed by atoms with E-state index in [1.54, 1.807) is 12.4 Å². The predicted molar refractivity (Wildman–Crippen MR) is 44.5 cm³/mol. The zero-order valence-corrected chi connectivity index (χ0v) is 6.89. The molecule has 64 valence electrons. The first kappa shape index (κ1) is 8.45. The van der Waals surface area contributed by atoms with Crippen molar-refractivity contribution in [2.24, 2.45) is 0 Å². The van der Waals surface area contributed by atoms with Gasteiger partial charge in [0.1, 0.15) is 12.4 Å². The average molecular weight is 167 g/mol. The molecule has 0 saturated carbocycles. The third-order valence-corrected chi connectivity index (χ3v) is 1.21. The lowest BCUT2D eigenvalue weighted by atomic mass is 10.4. The van der Waals surface area contributed by atoms with E-state index in [1.807, 2.05) is 13.8 Å². The molecule has 5 heteroatoms. The fraction of sp³-hybridized carbons (Fsp3) is 0.286. The highest BCUT2D eigenvalue weighted by molar-refractivity contribution is 5.33. The van der Waals surface area contributed by atoms with Gasteiger partial charge in [-0.2, -0.15) is 0 Å². The van der Waals surface area contributed by atoms with Crippen molar-refractivity contribution in [3.05, 3.63) is 28.1 Å². The molecule has 0 N–H and O–H groups in total. The zero-order chi connectivity index (χ0) is 9.14. The molecule has 1 heterocycles. The molecule has 12 heavy (non-hydrogen) atoms. The molecule has 0 radical (unpaired) electrons. The van der Waals surface area contributed by atoms with Gasteiger partial charge in [-0.05, 0) is 24.3 Å². The van der Waals surface area contributed by atoms with Crippen LogP contribution in [0, 0.1) is 10.1 Å². The second kappa shape index (κ2) is 3.17. The molecule has 0 fully saturated rings. The van der Waals surface area contributed by atoms with Crippen LogP contribution in [0.15, 0.2) is 18.0 Å². The summed E-state index contributed by atoms with van der Waals surface area (Å²) < 4.78 is 1.38. The van der Waals surface area contributed by atoms with Gasteiger partial charge >= 0.3 is 5.95 Å². The molecule has 0 bridgehead atoms. The third-order valence-electron chi connectivity index (χ3n) is 1.21. The molecule has 0 spiro atoms. The van der Waals surface area contributed by atoms with Gasteiger partial charge in [-0.25, -0.2) is 4.57 Å². The third kappa shape index (κ3) is 1.69. The SMILES string of the molecule is CC(C)=Cn1ccnc1[N+](=O)[O-]. The molecule has 0 aliphatic rings. The highest BCUT2D eigenvalue weighted by Gasteiger charge is 2.10. The summed E-state index contributed by atoms with van der Waals surface area (Å²) in [6.45, 7) is 3.73. The Balaban J connectivity index is 3.08. The molecule has 0 amide bonds. The standard InChI is InChI=1S/C7H9N3O2/c1-6(2)5-9-4-3-8-7(9)10(11)12/h3-5H,1-2H3. The lowest BCUT2D eigenvalue weighted by molar-refractivity contribution is -0.395. The monoisotopic (exact) mass is 167 g/mol. The second-order valence-corrected chi connectivity index (χ2v) is 2.60. The van der Waals surface area contributed by atoms with E-state index in [9.17, 15) is 10.1 Å². The summed E-state index contributed by atoms with van der Waals surface area (Å²) in [5.74, 6) is -0.156. The van der Waals surface area contributed by atoms with Crippen LogP contribution in [0.25, 0.3) is 6.20 Å². The van der Waals surface area contributed by atoms with E-state index in [-0.39, 0.29) is 5.95 Å². The first-order valence-corrected chi connectivity index (χ1v) is 3.43. The van der Waals surface area contributed by atoms with Gasteiger partial charge in [0.15, 0.2) is 0 Å². The molecule has 0 aliphatic carbocycles. The summed E-state index contributed by atoms with van der Waals surface area (Å²) in [4.78, 5) is 13.4. The number of allylic oxidation sites excluding steroid dienone is 1. The maximum absolute atomic E-state index is 10.4. The largest absolute Gasteiger partial charge is 0.439 e. The van der Waals surface area contributed by atoms with Crippen LogP contribution < -0.4 is 0 Å². The van der Waals surface area contributed by atoms with Crippen LogP contribution in [0.1, 0.15) is 13.8 Å². The lowest BCUT2D eigenvalue weighted by Crippen LogP contribution is -1.96. The van der Waals surface area contributed by atoms with E-state index in [2.05, 4.69) is 4.98 Å².